The van der Waals surface area contributed by atoms with Crippen LogP contribution in [0.25, 0.3) is 0 Å². The second-order valence-corrected chi connectivity index (χ2v) is 1.24. The van der Waals surface area contributed by atoms with Gasteiger partial charge in [-0.3, -0.25) is 0 Å². The van der Waals surface area contributed by atoms with Gasteiger partial charge in [0.1, 0.15) is 0 Å². The molecule has 0 radical (unpaired) electrons. The quantitative estimate of drug-likeness (QED) is 0.588. The van der Waals surface area contributed by atoms with Crippen molar-refractivity contribution in [2.45, 2.75) is 0 Å². The van der Waals surface area contributed by atoms with Crippen molar-refractivity contribution < 1.29 is 22.4 Å². The van der Waals surface area contributed by atoms with E-state index in [2.05, 4.69) is 10.2 Å². The summed E-state index contributed by atoms with van der Waals surface area (Å²) in [5.41, 5.74) is 0. The van der Waals surface area contributed by atoms with Gasteiger partial charge in [-0.25, -0.2) is 0 Å². The van der Waals surface area contributed by atoms with Crippen LogP contribution in [0.1, 0.15) is 0 Å². The van der Waals surface area contributed by atoms with Gasteiger partial charge in [0.25, 0.3) is 0 Å². The van der Waals surface area contributed by atoms with Crippen molar-refractivity contribution in [2.75, 3.05) is 0 Å². The van der Waals surface area contributed by atoms with E-state index in [0.717, 1.165) is 0 Å². The van der Waals surface area contributed by atoms with Crippen LogP contribution < -0.4 is 5.10 Å². The van der Waals surface area contributed by atoms with Crippen LogP contribution in [-0.2, 0) is 22.4 Å². The summed E-state index contributed by atoms with van der Waals surface area (Å²) in [5.74, 6) is 0. The third kappa shape index (κ3) is 2.14. The fourth-order valence-electron chi connectivity index (χ4n) is 0.217. The standard InChI is InChI=1S/C3H2ClN2.Ag/c4-3-1-2-5-6-3;/h1-2H;/q-1;+1. The predicted octanol–water partition coefficient (Wildman–Crippen LogP) is 0.690. The van der Waals surface area contributed by atoms with E-state index < -0.39 is 0 Å². The van der Waals surface area contributed by atoms with Crippen LogP contribution in [0.2, 0.25) is 5.15 Å². The molecule has 0 saturated heterocycles. The molecule has 0 unspecified atom stereocenters. The molecule has 0 bridgehead atoms. The minimum absolute atomic E-state index is 0. The van der Waals surface area contributed by atoms with Gasteiger partial charge in [0.2, 0.25) is 0 Å². The first-order chi connectivity index (χ1) is 2.89. The molecule has 1 aromatic rings. The van der Waals surface area contributed by atoms with E-state index in [4.69, 9.17) is 11.6 Å². The van der Waals surface area contributed by atoms with Crippen molar-refractivity contribution in [2.24, 2.45) is 0 Å². The first kappa shape index (κ1) is 7.24. The minimum Gasteiger partial charge on any atom is -0.566 e. The van der Waals surface area contributed by atoms with Crippen molar-refractivity contribution in [3.05, 3.63) is 17.4 Å². The van der Waals surface area contributed by atoms with E-state index >= 15 is 0 Å². The van der Waals surface area contributed by atoms with Crippen molar-refractivity contribution >= 4 is 11.6 Å². The number of rotatable bonds is 0. The van der Waals surface area contributed by atoms with Crippen LogP contribution in [0, 0.1) is 0 Å². The third-order valence-corrected chi connectivity index (χ3v) is 0.634. The maximum atomic E-state index is 5.28. The molecular formula is C3H2AgClN2. The fourth-order valence-corrected chi connectivity index (χ4v) is 0.317. The van der Waals surface area contributed by atoms with E-state index in [-0.39, 0.29) is 22.4 Å². The van der Waals surface area contributed by atoms with E-state index in [1.165, 1.54) is 0 Å². The molecule has 0 aliphatic carbocycles. The molecular weight excluding hydrogens is 207 g/mol. The van der Waals surface area contributed by atoms with Gasteiger partial charge < -0.3 is 10.2 Å². The van der Waals surface area contributed by atoms with Crippen LogP contribution >= 0.6 is 11.6 Å². The largest absolute Gasteiger partial charge is 1.00 e. The van der Waals surface area contributed by atoms with Crippen molar-refractivity contribution in [1.29, 1.82) is 0 Å². The molecule has 0 aromatic carbocycles. The Kier molecular flexibility index (Phi) is 3.38. The molecule has 0 fully saturated rings. The van der Waals surface area contributed by atoms with Crippen LogP contribution in [0.15, 0.2) is 12.3 Å². The number of halogens is 1. The van der Waals surface area contributed by atoms with Gasteiger partial charge in [-0.1, -0.05) is 5.15 Å². The Morgan fingerprint density at radius 3 is 2.57 bits per heavy atom. The molecule has 0 N–H and O–H groups in total. The Bertz CT molecular complexity index is 116. The third-order valence-electron chi connectivity index (χ3n) is 0.432. The molecule has 0 saturated carbocycles. The Hall–Kier alpha value is 0.240. The van der Waals surface area contributed by atoms with Gasteiger partial charge in [-0.15, -0.1) is 11.6 Å². The summed E-state index contributed by atoms with van der Waals surface area (Å²) in [7, 11) is 0. The summed E-state index contributed by atoms with van der Waals surface area (Å²) >= 11 is 5.28. The molecule has 4 heteroatoms. The van der Waals surface area contributed by atoms with E-state index in [9.17, 15) is 0 Å². The SMILES string of the molecule is Clc1ccn[n-]1.[Ag+]. The number of hydrogen-bond acceptors (Lipinski definition) is 1. The topological polar surface area (TPSA) is 27.0 Å². The van der Waals surface area contributed by atoms with E-state index in [1.807, 2.05) is 0 Å². The van der Waals surface area contributed by atoms with Crippen LogP contribution in [-0.4, -0.2) is 5.10 Å². The zero-order chi connectivity index (χ0) is 4.41. The normalized spacial score (nSPS) is 7.57. The van der Waals surface area contributed by atoms with Gasteiger partial charge >= 0.3 is 22.4 Å². The number of hydrogen-bond donors (Lipinski definition) is 0. The van der Waals surface area contributed by atoms with Gasteiger partial charge in [-0.2, -0.15) is 0 Å². The second-order valence-electron chi connectivity index (χ2n) is 0.854. The Labute approximate surface area is 61.8 Å². The molecule has 0 spiro atoms. The number of nitrogens with zero attached hydrogens (tertiary/aromatic N) is 2. The maximum Gasteiger partial charge on any atom is 1.00 e. The zero-order valence-electron chi connectivity index (χ0n) is 3.23. The van der Waals surface area contributed by atoms with Crippen molar-refractivity contribution in [3.8, 4) is 0 Å². The molecule has 1 rings (SSSR count). The van der Waals surface area contributed by atoms with Crippen LogP contribution in [0.4, 0.5) is 0 Å². The zero-order valence-corrected chi connectivity index (χ0v) is 5.47. The maximum absolute atomic E-state index is 5.28. The molecule has 1 aromatic heterocycles. The van der Waals surface area contributed by atoms with Gasteiger partial charge in [-0.05, 0) is 6.07 Å². The molecule has 7 heavy (non-hydrogen) atoms. The van der Waals surface area contributed by atoms with E-state index in [0.29, 0.717) is 5.15 Å². The van der Waals surface area contributed by atoms with Crippen molar-refractivity contribution in [3.63, 3.8) is 0 Å². The summed E-state index contributed by atoms with van der Waals surface area (Å²) < 4.78 is 0. The Morgan fingerprint density at radius 1 is 1.71 bits per heavy atom. The first-order valence-corrected chi connectivity index (χ1v) is 1.87. The van der Waals surface area contributed by atoms with E-state index in [1.54, 1.807) is 12.3 Å². The average molecular weight is 209 g/mol. The van der Waals surface area contributed by atoms with Crippen LogP contribution in [0.5, 0.6) is 0 Å². The molecule has 0 atom stereocenters. The summed E-state index contributed by atoms with van der Waals surface area (Å²) in [4.78, 5) is 0. The molecule has 1 heterocycles. The summed E-state index contributed by atoms with van der Waals surface area (Å²) in [6.07, 6.45) is 1.54. The van der Waals surface area contributed by atoms with Gasteiger partial charge in [0, 0.05) is 6.20 Å². The second kappa shape index (κ2) is 3.27. The molecule has 42 valence electrons. The summed E-state index contributed by atoms with van der Waals surface area (Å²) in [5, 5.41) is 7.33. The van der Waals surface area contributed by atoms with Gasteiger partial charge in [0.05, 0.1) is 0 Å². The molecule has 0 aliphatic rings. The Balaban J connectivity index is 0.000000360. The summed E-state index contributed by atoms with van der Waals surface area (Å²) in [6.45, 7) is 0. The first-order valence-electron chi connectivity index (χ1n) is 1.49. The molecule has 0 amide bonds. The minimum atomic E-state index is 0. The van der Waals surface area contributed by atoms with Gasteiger partial charge in [0.15, 0.2) is 0 Å². The Morgan fingerprint density at radius 2 is 2.43 bits per heavy atom. The van der Waals surface area contributed by atoms with Crippen LogP contribution in [0.3, 0.4) is 0 Å². The van der Waals surface area contributed by atoms with Crippen molar-refractivity contribution in [1.82, 2.24) is 10.2 Å². The average Bonchev–Trinajstić information content (AvgIpc) is 1.86. The molecule has 2 nitrogen and oxygen atoms in total. The number of aromatic nitrogens is 2. The molecule has 0 aliphatic heterocycles. The predicted molar refractivity (Wildman–Crippen MR) is 22.6 cm³/mol. The fraction of sp³-hybridized carbons (Fsp3) is 0. The summed E-state index contributed by atoms with van der Waals surface area (Å²) in [6, 6.07) is 1.63. The monoisotopic (exact) mass is 208 g/mol. The smallest absolute Gasteiger partial charge is 0.566 e.